The molecule has 4 heteroatoms. The fraction of sp³-hybridized carbons (Fsp3) is 0.538. The highest BCUT2D eigenvalue weighted by atomic mass is 79.9. The Kier molecular flexibility index (Phi) is 7.05. The smallest absolute Gasteiger partial charge is 0.133 e. The van der Waals surface area contributed by atoms with Crippen molar-refractivity contribution < 1.29 is 14.6 Å². The summed E-state index contributed by atoms with van der Waals surface area (Å²) in [6.07, 6.45) is 4.04. The Labute approximate surface area is 111 Å². The molecule has 1 N–H and O–H groups in total. The minimum Gasteiger partial charge on any atom is -0.497 e. The quantitative estimate of drug-likeness (QED) is 0.748. The van der Waals surface area contributed by atoms with Gasteiger partial charge in [0.05, 0.1) is 18.2 Å². The molecule has 0 saturated carbocycles. The summed E-state index contributed by atoms with van der Waals surface area (Å²) >= 11 is 3.44. The van der Waals surface area contributed by atoms with Crippen molar-refractivity contribution in [3.05, 3.63) is 22.7 Å². The van der Waals surface area contributed by atoms with Crippen molar-refractivity contribution in [1.29, 1.82) is 0 Å². The molecule has 0 spiro atoms. The molecule has 0 radical (unpaired) electrons. The van der Waals surface area contributed by atoms with Gasteiger partial charge in [0.1, 0.15) is 11.5 Å². The highest BCUT2D eigenvalue weighted by Gasteiger charge is 2.02. The monoisotopic (exact) mass is 302 g/mol. The molecule has 17 heavy (non-hydrogen) atoms. The van der Waals surface area contributed by atoms with E-state index >= 15 is 0 Å². The Hall–Kier alpha value is -0.740. The van der Waals surface area contributed by atoms with Gasteiger partial charge in [0.2, 0.25) is 0 Å². The van der Waals surface area contributed by atoms with E-state index in [9.17, 15) is 0 Å². The predicted octanol–water partition coefficient (Wildman–Crippen LogP) is 3.39. The number of aliphatic hydroxyl groups is 1. The van der Waals surface area contributed by atoms with E-state index in [2.05, 4.69) is 15.9 Å². The normalized spacial score (nSPS) is 10.3. The number of methoxy groups -OCH3 is 1. The van der Waals surface area contributed by atoms with Crippen LogP contribution in [0, 0.1) is 0 Å². The number of unbranched alkanes of at least 4 members (excludes halogenated alkanes) is 3. The first-order chi connectivity index (χ1) is 8.27. The van der Waals surface area contributed by atoms with Crippen LogP contribution in [0.25, 0.3) is 0 Å². The van der Waals surface area contributed by atoms with E-state index in [1.165, 1.54) is 0 Å². The average molecular weight is 303 g/mol. The maximum atomic E-state index is 8.64. The third-order valence-electron chi connectivity index (χ3n) is 2.45. The van der Waals surface area contributed by atoms with Gasteiger partial charge < -0.3 is 14.6 Å². The summed E-state index contributed by atoms with van der Waals surface area (Å²) in [5.74, 6) is 1.65. The first kappa shape index (κ1) is 14.3. The van der Waals surface area contributed by atoms with Gasteiger partial charge in [-0.1, -0.05) is 6.42 Å². The molecule has 0 aliphatic heterocycles. The van der Waals surface area contributed by atoms with Crippen LogP contribution >= 0.6 is 15.9 Å². The van der Waals surface area contributed by atoms with Crippen molar-refractivity contribution in [2.75, 3.05) is 20.3 Å². The SMILES string of the molecule is COc1ccc(OCCCCCCO)c(Br)c1. The highest BCUT2D eigenvalue weighted by Crippen LogP contribution is 2.29. The first-order valence-corrected chi connectivity index (χ1v) is 6.64. The van der Waals surface area contributed by atoms with E-state index in [0.717, 1.165) is 41.7 Å². The zero-order valence-corrected chi connectivity index (χ0v) is 11.7. The van der Waals surface area contributed by atoms with Crippen LogP contribution < -0.4 is 9.47 Å². The van der Waals surface area contributed by atoms with Crippen LogP contribution in [0.15, 0.2) is 22.7 Å². The molecular formula is C13H19BrO3. The minimum absolute atomic E-state index is 0.283. The summed E-state index contributed by atoms with van der Waals surface area (Å²) in [4.78, 5) is 0. The number of ether oxygens (including phenoxy) is 2. The van der Waals surface area contributed by atoms with Crippen LogP contribution in [-0.4, -0.2) is 25.4 Å². The minimum atomic E-state index is 0.283. The third kappa shape index (κ3) is 5.41. The number of aliphatic hydroxyl groups excluding tert-OH is 1. The van der Waals surface area contributed by atoms with Gasteiger partial charge in [0, 0.05) is 6.61 Å². The summed E-state index contributed by atoms with van der Waals surface area (Å²) in [5.41, 5.74) is 0. The van der Waals surface area contributed by atoms with Crippen LogP contribution in [0.5, 0.6) is 11.5 Å². The number of hydrogen-bond acceptors (Lipinski definition) is 3. The molecule has 0 aromatic heterocycles. The highest BCUT2D eigenvalue weighted by molar-refractivity contribution is 9.10. The van der Waals surface area contributed by atoms with Crippen molar-refractivity contribution in [3.8, 4) is 11.5 Å². The van der Waals surface area contributed by atoms with Gasteiger partial charge in [-0.2, -0.15) is 0 Å². The maximum absolute atomic E-state index is 8.64. The first-order valence-electron chi connectivity index (χ1n) is 5.85. The van der Waals surface area contributed by atoms with Crippen LogP contribution in [0.3, 0.4) is 0 Å². The van der Waals surface area contributed by atoms with Gasteiger partial charge in [0.25, 0.3) is 0 Å². The van der Waals surface area contributed by atoms with Crippen molar-refractivity contribution in [2.45, 2.75) is 25.7 Å². The summed E-state index contributed by atoms with van der Waals surface area (Å²) in [5, 5.41) is 8.64. The molecule has 0 aliphatic rings. The lowest BCUT2D eigenvalue weighted by molar-refractivity contribution is 0.273. The molecule has 0 fully saturated rings. The van der Waals surface area contributed by atoms with E-state index in [0.29, 0.717) is 6.61 Å². The van der Waals surface area contributed by atoms with Gasteiger partial charge in [-0.3, -0.25) is 0 Å². The summed E-state index contributed by atoms with van der Waals surface area (Å²) < 4.78 is 11.7. The van der Waals surface area contributed by atoms with Crippen LogP contribution in [0.1, 0.15) is 25.7 Å². The van der Waals surface area contributed by atoms with Crippen molar-refractivity contribution in [2.24, 2.45) is 0 Å². The zero-order valence-electron chi connectivity index (χ0n) is 10.1. The molecule has 0 atom stereocenters. The van der Waals surface area contributed by atoms with E-state index in [1.807, 2.05) is 18.2 Å². The van der Waals surface area contributed by atoms with Gasteiger partial charge in [-0.15, -0.1) is 0 Å². The zero-order chi connectivity index (χ0) is 12.5. The molecule has 1 rings (SSSR count). The number of hydrogen-bond donors (Lipinski definition) is 1. The van der Waals surface area contributed by atoms with Crippen molar-refractivity contribution in [1.82, 2.24) is 0 Å². The molecule has 0 bridgehead atoms. The van der Waals surface area contributed by atoms with Gasteiger partial charge in [0.15, 0.2) is 0 Å². The largest absolute Gasteiger partial charge is 0.497 e. The van der Waals surface area contributed by atoms with Crippen LogP contribution in [0.4, 0.5) is 0 Å². The molecule has 0 amide bonds. The summed E-state index contributed by atoms with van der Waals surface area (Å²) in [7, 11) is 1.64. The summed E-state index contributed by atoms with van der Waals surface area (Å²) in [6, 6.07) is 5.67. The molecule has 1 aromatic rings. The molecule has 0 heterocycles. The van der Waals surface area contributed by atoms with E-state index < -0.39 is 0 Å². The average Bonchev–Trinajstić information content (AvgIpc) is 2.35. The molecule has 0 aliphatic carbocycles. The predicted molar refractivity (Wildman–Crippen MR) is 71.7 cm³/mol. The summed E-state index contributed by atoms with van der Waals surface area (Å²) in [6.45, 7) is 0.987. The molecule has 96 valence electrons. The fourth-order valence-electron chi connectivity index (χ4n) is 1.48. The molecule has 1 aromatic carbocycles. The Morgan fingerprint density at radius 3 is 2.59 bits per heavy atom. The standard InChI is InChI=1S/C13H19BrO3/c1-16-11-6-7-13(12(14)10-11)17-9-5-3-2-4-8-15/h6-7,10,15H,2-5,8-9H2,1H3. The lowest BCUT2D eigenvalue weighted by Crippen LogP contribution is -1.98. The molecule has 0 saturated heterocycles. The van der Waals surface area contributed by atoms with Gasteiger partial charge >= 0.3 is 0 Å². The van der Waals surface area contributed by atoms with E-state index in [-0.39, 0.29) is 6.61 Å². The Balaban J connectivity index is 2.27. The molecular weight excluding hydrogens is 284 g/mol. The van der Waals surface area contributed by atoms with Crippen molar-refractivity contribution >= 4 is 15.9 Å². The number of rotatable bonds is 8. The topological polar surface area (TPSA) is 38.7 Å². The van der Waals surface area contributed by atoms with Gasteiger partial charge in [-0.25, -0.2) is 0 Å². The van der Waals surface area contributed by atoms with Gasteiger partial charge in [-0.05, 0) is 53.4 Å². The second kappa shape index (κ2) is 8.37. The Bertz CT molecular complexity index is 328. The second-order valence-corrected chi connectivity index (χ2v) is 4.64. The molecule has 0 unspecified atom stereocenters. The van der Waals surface area contributed by atoms with E-state index in [4.69, 9.17) is 14.6 Å². The van der Waals surface area contributed by atoms with Crippen LogP contribution in [-0.2, 0) is 0 Å². The number of benzene rings is 1. The lowest BCUT2D eigenvalue weighted by Gasteiger charge is -2.09. The lowest BCUT2D eigenvalue weighted by atomic mass is 10.2. The fourth-order valence-corrected chi connectivity index (χ4v) is 1.95. The maximum Gasteiger partial charge on any atom is 0.133 e. The Morgan fingerprint density at radius 1 is 1.18 bits per heavy atom. The Morgan fingerprint density at radius 2 is 1.94 bits per heavy atom. The molecule has 3 nitrogen and oxygen atoms in total. The van der Waals surface area contributed by atoms with Crippen molar-refractivity contribution in [3.63, 3.8) is 0 Å². The van der Waals surface area contributed by atoms with E-state index in [1.54, 1.807) is 7.11 Å². The third-order valence-corrected chi connectivity index (χ3v) is 3.07. The van der Waals surface area contributed by atoms with Crippen LogP contribution in [0.2, 0.25) is 0 Å². The number of halogens is 1. The second-order valence-electron chi connectivity index (χ2n) is 3.78.